The Morgan fingerprint density at radius 3 is 2.67 bits per heavy atom. The minimum Gasteiger partial charge on any atom is -0.392 e. The van der Waals surface area contributed by atoms with E-state index in [2.05, 4.69) is 4.98 Å². The van der Waals surface area contributed by atoms with Crippen molar-refractivity contribution in [1.29, 1.82) is 0 Å². The van der Waals surface area contributed by atoms with E-state index in [9.17, 15) is 4.79 Å². The number of aromatic amines is 1. The number of aliphatic hydroxyl groups excluding tert-OH is 1. The van der Waals surface area contributed by atoms with Crippen LogP contribution in [-0.4, -0.2) is 40.6 Å². The molecule has 1 atom stereocenters. The number of aromatic nitrogens is 1. The van der Waals surface area contributed by atoms with E-state index in [0.717, 1.165) is 0 Å². The number of aliphatic hydroxyl groups is 1. The number of hydrogen-bond acceptors (Lipinski definition) is 2. The highest BCUT2D eigenvalue weighted by Crippen LogP contribution is 2.22. The Morgan fingerprint density at radius 2 is 2.27 bits per heavy atom. The second-order valence-electron chi connectivity index (χ2n) is 3.38. The highest BCUT2D eigenvalue weighted by Gasteiger charge is 2.16. The summed E-state index contributed by atoms with van der Waals surface area (Å²) in [6, 6.07) is 1.46. The molecule has 0 aromatic carbocycles. The summed E-state index contributed by atoms with van der Waals surface area (Å²) in [6.07, 6.45) is -0.570. The molecule has 0 saturated heterocycles. The van der Waals surface area contributed by atoms with Gasteiger partial charge in [-0.2, -0.15) is 0 Å². The number of amides is 1. The number of halogens is 2. The van der Waals surface area contributed by atoms with Gasteiger partial charge in [-0.15, -0.1) is 0 Å². The molecule has 1 amide bonds. The van der Waals surface area contributed by atoms with Crippen molar-refractivity contribution >= 4 is 29.1 Å². The van der Waals surface area contributed by atoms with Crippen LogP contribution >= 0.6 is 23.2 Å². The van der Waals surface area contributed by atoms with Crippen molar-refractivity contribution in [2.75, 3.05) is 13.6 Å². The minimum atomic E-state index is -0.570. The molecule has 4 nitrogen and oxygen atoms in total. The van der Waals surface area contributed by atoms with E-state index in [1.807, 2.05) is 0 Å². The molecule has 1 heterocycles. The van der Waals surface area contributed by atoms with Gasteiger partial charge in [0.25, 0.3) is 5.91 Å². The number of carbonyl (C=O) groups is 1. The van der Waals surface area contributed by atoms with Crippen molar-refractivity contribution < 1.29 is 9.90 Å². The summed E-state index contributed by atoms with van der Waals surface area (Å²) in [7, 11) is 1.59. The SMILES string of the molecule is CC(O)CN(C)C(=O)c1cc(Cl)c(Cl)[nH]1. The Labute approximate surface area is 97.8 Å². The third-order valence-electron chi connectivity index (χ3n) is 1.84. The normalized spacial score (nSPS) is 12.6. The fraction of sp³-hybridized carbons (Fsp3) is 0.444. The van der Waals surface area contributed by atoms with Gasteiger partial charge in [-0.25, -0.2) is 0 Å². The fourth-order valence-electron chi connectivity index (χ4n) is 1.20. The summed E-state index contributed by atoms with van der Waals surface area (Å²) in [5.41, 5.74) is 0.313. The van der Waals surface area contributed by atoms with Crippen LogP contribution in [0.3, 0.4) is 0 Å². The van der Waals surface area contributed by atoms with E-state index in [1.54, 1.807) is 14.0 Å². The number of H-pyrrole nitrogens is 1. The lowest BCUT2D eigenvalue weighted by atomic mass is 10.3. The molecule has 0 bridgehead atoms. The average Bonchev–Trinajstić information content (AvgIpc) is 2.44. The number of likely N-dealkylation sites (N-methyl/N-ethyl adjacent to an activating group) is 1. The zero-order valence-corrected chi connectivity index (χ0v) is 9.93. The summed E-state index contributed by atoms with van der Waals surface area (Å²) in [5, 5.41) is 9.67. The first-order valence-corrected chi connectivity index (χ1v) is 5.15. The van der Waals surface area contributed by atoms with Gasteiger partial charge in [0, 0.05) is 13.6 Å². The monoisotopic (exact) mass is 250 g/mol. The van der Waals surface area contributed by atoms with E-state index in [-0.39, 0.29) is 17.6 Å². The zero-order chi connectivity index (χ0) is 11.6. The van der Waals surface area contributed by atoms with Crippen LogP contribution < -0.4 is 0 Å². The predicted octanol–water partition coefficient (Wildman–Crippen LogP) is 1.77. The van der Waals surface area contributed by atoms with Gasteiger partial charge >= 0.3 is 0 Å². The van der Waals surface area contributed by atoms with E-state index < -0.39 is 6.10 Å². The van der Waals surface area contributed by atoms with Crippen LogP contribution in [0, 0.1) is 0 Å². The smallest absolute Gasteiger partial charge is 0.270 e. The van der Waals surface area contributed by atoms with Crippen molar-refractivity contribution in [2.45, 2.75) is 13.0 Å². The molecule has 1 aromatic rings. The number of carbonyl (C=O) groups excluding carboxylic acids is 1. The predicted molar refractivity (Wildman–Crippen MR) is 59.5 cm³/mol. The second-order valence-corrected chi connectivity index (χ2v) is 4.16. The van der Waals surface area contributed by atoms with E-state index in [4.69, 9.17) is 28.3 Å². The minimum absolute atomic E-state index is 0.241. The van der Waals surface area contributed by atoms with Crippen LogP contribution in [0.2, 0.25) is 10.2 Å². The lowest BCUT2D eigenvalue weighted by Crippen LogP contribution is -2.33. The molecule has 2 N–H and O–H groups in total. The summed E-state index contributed by atoms with van der Waals surface area (Å²) in [4.78, 5) is 15.8. The molecule has 0 spiro atoms. The number of nitrogens with one attached hydrogen (secondary N) is 1. The van der Waals surface area contributed by atoms with Crippen molar-refractivity contribution in [2.24, 2.45) is 0 Å². The van der Waals surface area contributed by atoms with Crippen LogP contribution in [0.5, 0.6) is 0 Å². The van der Waals surface area contributed by atoms with Gasteiger partial charge in [0.1, 0.15) is 10.8 Å². The average molecular weight is 251 g/mol. The van der Waals surface area contributed by atoms with Gasteiger partial charge < -0.3 is 15.0 Å². The molecule has 1 unspecified atom stereocenters. The Bertz CT molecular complexity index is 343. The quantitative estimate of drug-likeness (QED) is 0.860. The lowest BCUT2D eigenvalue weighted by Gasteiger charge is -2.17. The Hall–Kier alpha value is -0.710. The van der Waals surface area contributed by atoms with Crippen LogP contribution in [-0.2, 0) is 0 Å². The summed E-state index contributed by atoms with van der Waals surface area (Å²) in [5.74, 6) is -0.260. The Morgan fingerprint density at radius 1 is 1.67 bits per heavy atom. The molecule has 0 aliphatic rings. The van der Waals surface area contributed by atoms with Gasteiger partial charge in [0.15, 0.2) is 0 Å². The Kier molecular flexibility index (Phi) is 4.02. The van der Waals surface area contributed by atoms with Gasteiger partial charge in [-0.05, 0) is 13.0 Å². The highest BCUT2D eigenvalue weighted by molar-refractivity contribution is 6.41. The van der Waals surface area contributed by atoms with Crippen molar-refractivity contribution in [3.05, 3.63) is 21.9 Å². The van der Waals surface area contributed by atoms with Crippen molar-refractivity contribution in [3.63, 3.8) is 0 Å². The van der Waals surface area contributed by atoms with Crippen molar-refractivity contribution in [3.8, 4) is 0 Å². The molecule has 15 heavy (non-hydrogen) atoms. The topological polar surface area (TPSA) is 56.3 Å². The number of hydrogen-bond donors (Lipinski definition) is 2. The molecular formula is C9H12Cl2N2O2. The van der Waals surface area contributed by atoms with Gasteiger partial charge in [-0.1, -0.05) is 23.2 Å². The maximum absolute atomic E-state index is 11.7. The molecule has 1 rings (SSSR count). The fourth-order valence-corrected chi connectivity index (χ4v) is 1.52. The summed E-state index contributed by atoms with van der Waals surface area (Å²) >= 11 is 11.4. The number of nitrogens with zero attached hydrogens (tertiary/aromatic N) is 1. The van der Waals surface area contributed by atoms with Crippen molar-refractivity contribution in [1.82, 2.24) is 9.88 Å². The summed E-state index contributed by atoms with van der Waals surface area (Å²) < 4.78 is 0. The van der Waals surface area contributed by atoms with Gasteiger partial charge in [0.05, 0.1) is 11.1 Å². The lowest BCUT2D eigenvalue weighted by molar-refractivity contribution is 0.0699. The zero-order valence-electron chi connectivity index (χ0n) is 8.42. The second kappa shape index (κ2) is 4.88. The van der Waals surface area contributed by atoms with E-state index in [0.29, 0.717) is 10.7 Å². The molecular weight excluding hydrogens is 239 g/mol. The largest absolute Gasteiger partial charge is 0.392 e. The molecule has 84 valence electrons. The standard InChI is InChI=1S/C9H12Cl2N2O2/c1-5(14)4-13(2)9(15)7-3-6(10)8(11)12-7/h3,5,12,14H,4H2,1-2H3. The maximum atomic E-state index is 11.7. The molecule has 0 aliphatic heterocycles. The van der Waals surface area contributed by atoms with Crippen LogP contribution in [0.1, 0.15) is 17.4 Å². The first-order chi connectivity index (χ1) is 6.91. The van der Waals surface area contributed by atoms with Crippen LogP contribution in [0.15, 0.2) is 6.07 Å². The van der Waals surface area contributed by atoms with Gasteiger partial charge in [0.2, 0.25) is 0 Å². The van der Waals surface area contributed by atoms with E-state index >= 15 is 0 Å². The van der Waals surface area contributed by atoms with Crippen LogP contribution in [0.4, 0.5) is 0 Å². The first kappa shape index (κ1) is 12.4. The summed E-state index contributed by atoms with van der Waals surface area (Å²) in [6.45, 7) is 1.87. The third-order valence-corrected chi connectivity index (χ3v) is 2.53. The Balaban J connectivity index is 2.76. The molecule has 1 aromatic heterocycles. The molecule has 0 saturated carbocycles. The first-order valence-electron chi connectivity index (χ1n) is 4.39. The van der Waals surface area contributed by atoms with E-state index in [1.165, 1.54) is 11.0 Å². The van der Waals surface area contributed by atoms with Gasteiger partial charge in [-0.3, -0.25) is 4.79 Å². The molecule has 0 fully saturated rings. The van der Waals surface area contributed by atoms with Crippen LogP contribution in [0.25, 0.3) is 0 Å². The highest BCUT2D eigenvalue weighted by atomic mass is 35.5. The number of rotatable bonds is 3. The molecule has 6 heteroatoms. The third kappa shape index (κ3) is 3.12. The molecule has 0 radical (unpaired) electrons. The molecule has 0 aliphatic carbocycles. The maximum Gasteiger partial charge on any atom is 0.270 e.